The average molecular weight is 272 g/mol. The lowest BCUT2D eigenvalue weighted by molar-refractivity contribution is -0.144. The van der Waals surface area contributed by atoms with E-state index in [1.807, 2.05) is 18.2 Å². The lowest BCUT2D eigenvalue weighted by Crippen LogP contribution is -2.23. The lowest BCUT2D eigenvalue weighted by atomic mass is 9.81. The van der Waals surface area contributed by atoms with Gasteiger partial charge in [0, 0.05) is 0 Å². The van der Waals surface area contributed by atoms with Gasteiger partial charge in [0.05, 0.1) is 13.0 Å². The van der Waals surface area contributed by atoms with E-state index in [0.717, 1.165) is 23.3 Å². The second kappa shape index (κ2) is 5.59. The Morgan fingerprint density at radius 1 is 1.25 bits per heavy atom. The first-order valence-corrected chi connectivity index (χ1v) is 7.89. The Hall–Kier alpha value is -1.31. The van der Waals surface area contributed by atoms with Gasteiger partial charge in [0.2, 0.25) is 0 Å². The smallest absolute Gasteiger partial charge is 0.313 e. The van der Waals surface area contributed by atoms with Crippen LogP contribution in [-0.2, 0) is 9.53 Å². The first kappa shape index (κ1) is 13.7. The lowest BCUT2D eigenvalue weighted by Gasteiger charge is -2.24. The molecule has 0 radical (unpaired) electrons. The minimum Gasteiger partial charge on any atom is -0.469 e. The van der Waals surface area contributed by atoms with Crippen molar-refractivity contribution in [1.29, 1.82) is 0 Å². The molecule has 0 heterocycles. The molecule has 1 aromatic rings. The minimum absolute atomic E-state index is 0.0590. The number of methoxy groups -OCH3 is 1. The Kier molecular flexibility index (Phi) is 3.82. The number of benzene rings is 1. The van der Waals surface area contributed by atoms with Gasteiger partial charge >= 0.3 is 5.97 Å². The molecule has 0 saturated heterocycles. The van der Waals surface area contributed by atoms with E-state index in [1.54, 1.807) is 0 Å². The van der Waals surface area contributed by atoms with Crippen molar-refractivity contribution in [2.24, 2.45) is 23.7 Å². The van der Waals surface area contributed by atoms with Gasteiger partial charge in [0.1, 0.15) is 0 Å². The zero-order valence-corrected chi connectivity index (χ0v) is 12.4. The fraction of sp³-hybridized carbons (Fsp3) is 0.611. The van der Waals surface area contributed by atoms with E-state index in [9.17, 15) is 4.79 Å². The van der Waals surface area contributed by atoms with Crippen molar-refractivity contribution in [3.05, 3.63) is 35.9 Å². The van der Waals surface area contributed by atoms with Crippen molar-refractivity contribution in [1.82, 2.24) is 0 Å². The van der Waals surface area contributed by atoms with Crippen LogP contribution < -0.4 is 0 Å². The molecule has 3 rings (SSSR count). The summed E-state index contributed by atoms with van der Waals surface area (Å²) < 4.78 is 5.06. The molecule has 2 saturated carbocycles. The van der Waals surface area contributed by atoms with E-state index in [0.29, 0.717) is 5.92 Å². The first-order valence-electron chi connectivity index (χ1n) is 7.89. The largest absolute Gasteiger partial charge is 0.469 e. The third-order valence-electron chi connectivity index (χ3n) is 5.37. The molecule has 2 nitrogen and oxygen atoms in total. The van der Waals surface area contributed by atoms with Crippen LogP contribution in [0.2, 0.25) is 0 Å². The van der Waals surface area contributed by atoms with Crippen molar-refractivity contribution >= 4 is 5.97 Å². The van der Waals surface area contributed by atoms with Crippen LogP contribution in [0.5, 0.6) is 0 Å². The second-order valence-electron chi connectivity index (χ2n) is 6.42. The number of hydrogen-bond acceptors (Lipinski definition) is 2. The van der Waals surface area contributed by atoms with E-state index in [1.165, 1.54) is 32.8 Å². The topological polar surface area (TPSA) is 26.3 Å². The number of carbonyl (C=O) groups excluding carboxylic acids is 1. The fourth-order valence-electron chi connectivity index (χ4n) is 4.44. The van der Waals surface area contributed by atoms with Gasteiger partial charge in [-0.15, -0.1) is 0 Å². The second-order valence-corrected chi connectivity index (χ2v) is 6.42. The molecule has 3 unspecified atom stereocenters. The highest BCUT2D eigenvalue weighted by Crippen LogP contribution is 2.63. The van der Waals surface area contributed by atoms with Crippen molar-refractivity contribution < 1.29 is 9.53 Å². The van der Waals surface area contributed by atoms with E-state index in [2.05, 4.69) is 19.1 Å². The third kappa shape index (κ3) is 2.36. The Bertz CT molecular complexity index is 456. The van der Waals surface area contributed by atoms with E-state index in [-0.39, 0.29) is 11.9 Å². The molecule has 1 aromatic carbocycles. The number of fused-ring (bicyclic) bond motifs is 1. The maximum atomic E-state index is 12.2. The molecule has 20 heavy (non-hydrogen) atoms. The average Bonchev–Trinajstić information content (AvgIpc) is 2.94. The molecule has 5 atom stereocenters. The Balaban J connectivity index is 1.72. The molecule has 0 aromatic heterocycles. The van der Waals surface area contributed by atoms with Crippen molar-refractivity contribution in [3.63, 3.8) is 0 Å². The first-order chi connectivity index (χ1) is 9.76. The predicted octanol–water partition coefficient (Wildman–Crippen LogP) is 4.02. The van der Waals surface area contributed by atoms with Gasteiger partial charge in [-0.1, -0.05) is 50.1 Å². The van der Waals surface area contributed by atoms with Crippen LogP contribution in [0.4, 0.5) is 0 Å². The van der Waals surface area contributed by atoms with E-state index >= 15 is 0 Å². The molecule has 0 amide bonds. The summed E-state index contributed by atoms with van der Waals surface area (Å²) in [6.07, 6.45) is 5.09. The van der Waals surface area contributed by atoms with Crippen molar-refractivity contribution in [3.8, 4) is 0 Å². The molecular formula is C18H24O2. The molecule has 108 valence electrons. The van der Waals surface area contributed by atoms with Gasteiger partial charge in [-0.25, -0.2) is 0 Å². The number of hydrogen-bond donors (Lipinski definition) is 0. The monoisotopic (exact) mass is 272 g/mol. The highest BCUT2D eigenvalue weighted by Gasteiger charge is 2.57. The molecule has 2 aliphatic rings. The maximum Gasteiger partial charge on any atom is 0.313 e. The highest BCUT2D eigenvalue weighted by molar-refractivity contribution is 5.78. The van der Waals surface area contributed by atoms with Gasteiger partial charge in [0.15, 0.2) is 0 Å². The normalized spacial score (nSPS) is 32.5. The zero-order valence-electron chi connectivity index (χ0n) is 12.4. The van der Waals surface area contributed by atoms with Crippen LogP contribution in [0.15, 0.2) is 30.3 Å². The van der Waals surface area contributed by atoms with Crippen LogP contribution >= 0.6 is 0 Å². The standard InChI is InChI=1S/C18H24O2/c1-3-7-14-15-10-13(11-16(14)15)17(18(19)20-2)12-8-5-4-6-9-12/h4-6,8-9,13-17H,3,7,10-11H2,1-2H3/t13?,14?,15-,16+,17?. The third-order valence-corrected chi connectivity index (χ3v) is 5.37. The van der Waals surface area contributed by atoms with Gasteiger partial charge in [-0.2, -0.15) is 0 Å². The number of carbonyl (C=O) groups is 1. The summed E-state index contributed by atoms with van der Waals surface area (Å²) in [7, 11) is 1.51. The van der Waals surface area contributed by atoms with Crippen molar-refractivity contribution in [2.45, 2.75) is 38.5 Å². The zero-order chi connectivity index (χ0) is 14.1. The van der Waals surface area contributed by atoms with Crippen LogP contribution in [0.1, 0.15) is 44.1 Å². The van der Waals surface area contributed by atoms with Crippen LogP contribution in [-0.4, -0.2) is 13.1 Å². The van der Waals surface area contributed by atoms with E-state index < -0.39 is 0 Å². The highest BCUT2D eigenvalue weighted by atomic mass is 16.5. The molecule has 0 aliphatic heterocycles. The fourth-order valence-corrected chi connectivity index (χ4v) is 4.44. The van der Waals surface area contributed by atoms with Crippen LogP contribution in [0, 0.1) is 23.7 Å². The summed E-state index contributed by atoms with van der Waals surface area (Å²) in [4.78, 5) is 12.2. The summed E-state index contributed by atoms with van der Waals surface area (Å²) in [5.41, 5.74) is 1.12. The summed E-state index contributed by atoms with van der Waals surface area (Å²) in [5.74, 6) is 3.08. The summed E-state index contributed by atoms with van der Waals surface area (Å²) >= 11 is 0. The van der Waals surface area contributed by atoms with Gasteiger partial charge in [-0.05, 0) is 42.1 Å². The predicted molar refractivity (Wildman–Crippen MR) is 79.3 cm³/mol. The van der Waals surface area contributed by atoms with Crippen LogP contribution in [0.25, 0.3) is 0 Å². The quantitative estimate of drug-likeness (QED) is 0.757. The number of ether oxygens (including phenoxy) is 1. The Labute approximate surface area is 121 Å². The number of rotatable bonds is 5. The van der Waals surface area contributed by atoms with Gasteiger partial charge in [0.25, 0.3) is 0 Å². The molecule has 2 fully saturated rings. The summed E-state index contributed by atoms with van der Waals surface area (Å²) in [6.45, 7) is 2.27. The molecule has 2 aliphatic carbocycles. The molecule has 0 N–H and O–H groups in total. The molecule has 2 heteroatoms. The van der Waals surface area contributed by atoms with Crippen molar-refractivity contribution in [2.75, 3.05) is 7.11 Å². The summed E-state index contributed by atoms with van der Waals surface area (Å²) in [5, 5.41) is 0. The minimum atomic E-state index is -0.0606. The molecular weight excluding hydrogens is 248 g/mol. The number of esters is 1. The molecule has 0 spiro atoms. The SMILES string of the molecule is CCCC1[C@H]2CC(C(C(=O)OC)c3ccccc3)C[C@@H]12. The maximum absolute atomic E-state index is 12.2. The molecule has 0 bridgehead atoms. The van der Waals surface area contributed by atoms with E-state index in [4.69, 9.17) is 4.74 Å². The summed E-state index contributed by atoms with van der Waals surface area (Å²) in [6, 6.07) is 10.2. The van der Waals surface area contributed by atoms with Gasteiger partial charge < -0.3 is 4.74 Å². The Morgan fingerprint density at radius 2 is 1.90 bits per heavy atom. The van der Waals surface area contributed by atoms with Crippen LogP contribution in [0.3, 0.4) is 0 Å². The Morgan fingerprint density at radius 3 is 2.45 bits per heavy atom. The van der Waals surface area contributed by atoms with Gasteiger partial charge in [-0.3, -0.25) is 4.79 Å².